The number of halogens is 4. The zero-order valence-electron chi connectivity index (χ0n) is 8.93. The van der Waals surface area contributed by atoms with Gasteiger partial charge in [0.25, 0.3) is 5.91 Å². The first-order valence-corrected chi connectivity index (χ1v) is 7.49. The van der Waals surface area contributed by atoms with Crippen LogP contribution in [0.1, 0.15) is 10.4 Å². The third-order valence-corrected chi connectivity index (χ3v) is 4.07. The predicted molar refractivity (Wildman–Crippen MR) is 81.5 cm³/mol. The van der Waals surface area contributed by atoms with Crippen molar-refractivity contribution in [2.24, 2.45) is 0 Å². The molecule has 0 radical (unpaired) electrons. The molecule has 0 aromatic heterocycles. The molecule has 0 aliphatic rings. The molecule has 0 N–H and O–H groups in total. The van der Waals surface area contributed by atoms with Crippen molar-refractivity contribution in [3.63, 3.8) is 0 Å². The number of benzene rings is 1. The minimum atomic E-state index is -0.0930. The molecule has 0 aliphatic carbocycles. The summed E-state index contributed by atoms with van der Waals surface area (Å²) >= 11 is 19.4. The van der Waals surface area contributed by atoms with Crippen LogP contribution in [0.5, 0.6) is 0 Å². The number of carbonyl (C=O) groups excluding carboxylic acids is 1. The molecule has 0 fully saturated rings. The van der Waals surface area contributed by atoms with E-state index in [9.17, 15) is 4.79 Å². The highest BCUT2D eigenvalue weighted by Gasteiger charge is 2.15. The summed E-state index contributed by atoms with van der Waals surface area (Å²) in [6.07, 6.45) is 0. The Bertz CT molecular complexity index is 394. The minimum absolute atomic E-state index is 0.0930. The van der Waals surface area contributed by atoms with Gasteiger partial charge in [-0.05, 0) is 40.8 Å². The second-order valence-corrected chi connectivity index (χ2v) is 5.62. The van der Waals surface area contributed by atoms with E-state index in [0.29, 0.717) is 35.4 Å². The Morgan fingerprint density at radius 2 is 1.82 bits per heavy atom. The number of amides is 1. The molecule has 0 saturated heterocycles. The molecule has 2 nitrogen and oxygen atoms in total. The van der Waals surface area contributed by atoms with Crippen molar-refractivity contribution in [2.45, 2.75) is 0 Å². The van der Waals surface area contributed by atoms with Gasteiger partial charge in [-0.15, -0.1) is 23.2 Å². The van der Waals surface area contributed by atoms with Gasteiger partial charge in [0.1, 0.15) is 0 Å². The lowest BCUT2D eigenvalue weighted by molar-refractivity contribution is 0.0775. The highest BCUT2D eigenvalue weighted by atomic mass is 127. The maximum atomic E-state index is 12.1. The van der Waals surface area contributed by atoms with Crippen LogP contribution in [-0.2, 0) is 0 Å². The molecule has 0 unspecified atom stereocenters. The first-order chi connectivity index (χ1) is 8.10. The van der Waals surface area contributed by atoms with E-state index in [1.807, 2.05) is 6.07 Å². The Hall–Kier alpha value is 0.290. The largest absolute Gasteiger partial charge is 0.336 e. The van der Waals surface area contributed by atoms with E-state index in [0.717, 1.165) is 3.57 Å². The van der Waals surface area contributed by atoms with Crippen LogP contribution in [0.2, 0.25) is 5.02 Å². The van der Waals surface area contributed by atoms with Crippen LogP contribution < -0.4 is 0 Å². The molecular weight excluding hydrogens is 395 g/mol. The Labute approximate surface area is 129 Å². The molecule has 1 rings (SSSR count). The molecule has 0 bridgehead atoms. The van der Waals surface area contributed by atoms with E-state index in [2.05, 4.69) is 22.6 Å². The average molecular weight is 406 g/mol. The zero-order valence-corrected chi connectivity index (χ0v) is 13.4. The lowest BCUT2D eigenvalue weighted by Gasteiger charge is -2.20. The van der Waals surface area contributed by atoms with Crippen LogP contribution in [-0.4, -0.2) is 35.7 Å². The molecule has 0 spiro atoms. The molecule has 0 heterocycles. The summed E-state index contributed by atoms with van der Waals surface area (Å²) < 4.78 is 0.919. The number of carbonyl (C=O) groups is 1. The fraction of sp³-hybridized carbons (Fsp3) is 0.364. The predicted octanol–water partition coefficient (Wildman–Crippen LogP) is 3.86. The summed E-state index contributed by atoms with van der Waals surface area (Å²) in [6.45, 7) is 0.966. The van der Waals surface area contributed by atoms with Gasteiger partial charge in [-0.2, -0.15) is 0 Å². The van der Waals surface area contributed by atoms with Crippen LogP contribution in [0.15, 0.2) is 18.2 Å². The van der Waals surface area contributed by atoms with Crippen LogP contribution >= 0.6 is 57.4 Å². The van der Waals surface area contributed by atoms with Gasteiger partial charge < -0.3 is 4.90 Å². The third-order valence-electron chi connectivity index (χ3n) is 2.16. The van der Waals surface area contributed by atoms with Gasteiger partial charge in [-0.1, -0.05) is 11.6 Å². The molecular formula is C11H11Cl3INO. The molecule has 1 amide bonds. The lowest BCUT2D eigenvalue weighted by Crippen LogP contribution is -2.34. The molecule has 1 aromatic rings. The Morgan fingerprint density at radius 3 is 2.29 bits per heavy atom. The summed E-state index contributed by atoms with van der Waals surface area (Å²) in [6, 6.07) is 5.24. The van der Waals surface area contributed by atoms with Gasteiger partial charge in [0, 0.05) is 34.0 Å². The summed E-state index contributed by atoms with van der Waals surface area (Å²) in [5, 5.41) is 0.577. The van der Waals surface area contributed by atoms with Crippen molar-refractivity contribution in [3.8, 4) is 0 Å². The number of hydrogen-bond donors (Lipinski definition) is 0. The van der Waals surface area contributed by atoms with Crippen molar-refractivity contribution in [1.29, 1.82) is 0 Å². The van der Waals surface area contributed by atoms with Crippen molar-refractivity contribution in [2.75, 3.05) is 24.8 Å². The second kappa shape index (κ2) is 7.67. The molecule has 17 heavy (non-hydrogen) atoms. The summed E-state index contributed by atoms with van der Waals surface area (Å²) in [7, 11) is 0. The number of hydrogen-bond acceptors (Lipinski definition) is 1. The first-order valence-electron chi connectivity index (χ1n) is 4.96. The number of alkyl halides is 2. The van der Waals surface area contributed by atoms with Crippen LogP contribution in [0.25, 0.3) is 0 Å². The fourth-order valence-corrected chi connectivity index (χ4v) is 2.25. The second-order valence-electron chi connectivity index (χ2n) is 3.30. The van der Waals surface area contributed by atoms with E-state index in [1.54, 1.807) is 17.0 Å². The first kappa shape index (κ1) is 15.3. The Kier molecular flexibility index (Phi) is 6.92. The molecule has 1 aromatic carbocycles. The SMILES string of the molecule is O=C(c1ccc(I)c(Cl)c1)N(CCCl)CCCl. The molecule has 0 aliphatic heterocycles. The third kappa shape index (κ3) is 4.47. The summed E-state index contributed by atoms with van der Waals surface area (Å²) in [5.74, 6) is 0.686. The van der Waals surface area contributed by atoms with Crippen molar-refractivity contribution in [3.05, 3.63) is 32.4 Å². The van der Waals surface area contributed by atoms with E-state index < -0.39 is 0 Å². The van der Waals surface area contributed by atoms with Crippen molar-refractivity contribution >= 4 is 63.3 Å². The fourth-order valence-electron chi connectivity index (χ4n) is 1.33. The van der Waals surface area contributed by atoms with Crippen LogP contribution in [0.3, 0.4) is 0 Å². The summed E-state index contributed by atoms with van der Waals surface area (Å²) in [4.78, 5) is 13.8. The topological polar surface area (TPSA) is 20.3 Å². The highest BCUT2D eigenvalue weighted by molar-refractivity contribution is 14.1. The standard InChI is InChI=1S/C11H11Cl3INO/c12-3-5-16(6-4-13)11(17)8-1-2-10(15)9(14)7-8/h1-2,7H,3-6H2. The van der Waals surface area contributed by atoms with Crippen LogP contribution in [0, 0.1) is 3.57 Å². The maximum absolute atomic E-state index is 12.1. The van der Waals surface area contributed by atoms with E-state index >= 15 is 0 Å². The van der Waals surface area contributed by atoms with Crippen molar-refractivity contribution in [1.82, 2.24) is 4.90 Å². The number of rotatable bonds is 5. The minimum Gasteiger partial charge on any atom is -0.336 e. The maximum Gasteiger partial charge on any atom is 0.253 e. The quantitative estimate of drug-likeness (QED) is 0.537. The summed E-state index contributed by atoms with van der Waals surface area (Å²) in [5.41, 5.74) is 0.561. The van der Waals surface area contributed by atoms with Gasteiger partial charge in [0.2, 0.25) is 0 Å². The van der Waals surface area contributed by atoms with Crippen molar-refractivity contribution < 1.29 is 4.79 Å². The van der Waals surface area contributed by atoms with Gasteiger partial charge in [0.05, 0.1) is 5.02 Å². The number of nitrogens with zero attached hydrogens (tertiary/aromatic N) is 1. The molecule has 94 valence electrons. The molecule has 0 saturated carbocycles. The smallest absolute Gasteiger partial charge is 0.253 e. The van der Waals surface area contributed by atoms with Gasteiger partial charge in [-0.25, -0.2) is 0 Å². The van der Waals surface area contributed by atoms with E-state index in [4.69, 9.17) is 34.8 Å². The van der Waals surface area contributed by atoms with Gasteiger partial charge in [0.15, 0.2) is 0 Å². The Balaban J connectivity index is 2.88. The van der Waals surface area contributed by atoms with E-state index in [-0.39, 0.29) is 5.91 Å². The monoisotopic (exact) mass is 405 g/mol. The zero-order chi connectivity index (χ0) is 12.8. The van der Waals surface area contributed by atoms with Crippen LogP contribution in [0.4, 0.5) is 0 Å². The highest BCUT2D eigenvalue weighted by Crippen LogP contribution is 2.20. The molecule has 6 heteroatoms. The lowest BCUT2D eigenvalue weighted by atomic mass is 10.2. The van der Waals surface area contributed by atoms with Gasteiger partial charge in [-0.3, -0.25) is 4.79 Å². The average Bonchev–Trinajstić information content (AvgIpc) is 2.31. The van der Waals surface area contributed by atoms with Gasteiger partial charge >= 0.3 is 0 Å². The van der Waals surface area contributed by atoms with E-state index in [1.165, 1.54) is 0 Å². The normalized spacial score (nSPS) is 10.4. The Morgan fingerprint density at radius 1 is 1.24 bits per heavy atom. The molecule has 0 atom stereocenters.